The Hall–Kier alpha value is -1.30. The molecule has 92 valence electrons. The van der Waals surface area contributed by atoms with Gasteiger partial charge in [0.05, 0.1) is 0 Å². The van der Waals surface area contributed by atoms with Crippen LogP contribution in [0.2, 0.25) is 0 Å². The van der Waals surface area contributed by atoms with E-state index in [2.05, 4.69) is 17.2 Å². The fraction of sp³-hybridized carbons (Fsp3) is 0.800. The van der Waals surface area contributed by atoms with Crippen LogP contribution in [0.25, 0.3) is 0 Å². The molecule has 1 aliphatic heterocycles. The number of amides is 2. The minimum absolute atomic E-state index is 0.348. The summed E-state index contributed by atoms with van der Waals surface area (Å²) >= 11 is 0. The van der Waals surface area contributed by atoms with E-state index in [0.29, 0.717) is 12.5 Å². The van der Waals surface area contributed by atoms with Gasteiger partial charge in [0.2, 0.25) is 0 Å². The predicted octanol–water partition coefficient (Wildman–Crippen LogP) is 0.834. The summed E-state index contributed by atoms with van der Waals surface area (Å²) in [5.74, 6) is -0.565. The molecular formula is C10H18N2O4. The largest absolute Gasteiger partial charge is 0.479 e. The van der Waals surface area contributed by atoms with E-state index in [1.54, 1.807) is 4.90 Å². The zero-order chi connectivity index (χ0) is 12.0. The van der Waals surface area contributed by atoms with Crippen molar-refractivity contribution in [3.05, 3.63) is 0 Å². The lowest BCUT2D eigenvalue weighted by Gasteiger charge is -2.31. The van der Waals surface area contributed by atoms with E-state index in [1.165, 1.54) is 0 Å². The normalized spacial score (nSPS) is 20.6. The molecule has 1 rings (SSSR count). The van der Waals surface area contributed by atoms with Gasteiger partial charge < -0.3 is 10.0 Å². The molecule has 0 spiro atoms. The maximum Gasteiger partial charge on any atom is 0.341 e. The number of hydrogen-bond donors (Lipinski definition) is 2. The van der Waals surface area contributed by atoms with Crippen molar-refractivity contribution >= 4 is 12.0 Å². The van der Waals surface area contributed by atoms with Crippen molar-refractivity contribution in [3.63, 3.8) is 0 Å². The maximum atomic E-state index is 11.5. The summed E-state index contributed by atoms with van der Waals surface area (Å²) in [6, 6.07) is -0.348. The number of nitrogens with one attached hydrogen (secondary N) is 1. The monoisotopic (exact) mass is 230 g/mol. The summed E-state index contributed by atoms with van der Waals surface area (Å²) in [4.78, 5) is 27.9. The molecule has 2 N–H and O–H groups in total. The van der Waals surface area contributed by atoms with Gasteiger partial charge in [0, 0.05) is 13.1 Å². The van der Waals surface area contributed by atoms with Gasteiger partial charge in [0.15, 0.2) is 6.61 Å². The number of rotatable bonds is 4. The molecule has 1 aliphatic rings. The Morgan fingerprint density at radius 1 is 1.56 bits per heavy atom. The van der Waals surface area contributed by atoms with Crippen LogP contribution >= 0.6 is 0 Å². The van der Waals surface area contributed by atoms with Crippen LogP contribution in [0.3, 0.4) is 0 Å². The molecule has 6 heteroatoms. The lowest BCUT2D eigenvalue weighted by molar-refractivity contribution is -0.144. The number of hydroxylamine groups is 1. The van der Waals surface area contributed by atoms with Gasteiger partial charge >= 0.3 is 12.0 Å². The highest BCUT2D eigenvalue weighted by Crippen LogP contribution is 2.18. The predicted molar refractivity (Wildman–Crippen MR) is 56.7 cm³/mol. The minimum atomic E-state index is -1.11. The second-order valence-corrected chi connectivity index (χ2v) is 3.95. The number of urea groups is 1. The summed E-state index contributed by atoms with van der Waals surface area (Å²) in [6.07, 6.45) is 3.20. The van der Waals surface area contributed by atoms with Gasteiger partial charge in [-0.1, -0.05) is 13.3 Å². The summed E-state index contributed by atoms with van der Waals surface area (Å²) in [6.45, 7) is 3.02. The molecule has 2 amide bonds. The Morgan fingerprint density at radius 2 is 2.31 bits per heavy atom. The minimum Gasteiger partial charge on any atom is -0.479 e. The number of carboxylic acids is 1. The highest BCUT2D eigenvalue weighted by molar-refractivity contribution is 5.73. The van der Waals surface area contributed by atoms with Gasteiger partial charge in [-0.05, 0) is 18.8 Å². The SMILES string of the molecule is CCC1CCCN(C(=O)NOCC(=O)O)C1. The third kappa shape index (κ3) is 4.06. The Morgan fingerprint density at radius 3 is 2.94 bits per heavy atom. The molecule has 0 aromatic carbocycles. The van der Waals surface area contributed by atoms with E-state index in [9.17, 15) is 9.59 Å². The molecule has 6 nitrogen and oxygen atoms in total. The van der Waals surface area contributed by atoms with E-state index in [-0.39, 0.29) is 6.03 Å². The van der Waals surface area contributed by atoms with Gasteiger partial charge in [0.1, 0.15) is 0 Å². The average molecular weight is 230 g/mol. The number of likely N-dealkylation sites (tertiary alicyclic amines) is 1. The molecule has 0 aromatic heterocycles. The Bertz CT molecular complexity index is 257. The van der Waals surface area contributed by atoms with E-state index in [0.717, 1.165) is 25.8 Å². The van der Waals surface area contributed by atoms with Gasteiger partial charge in [-0.15, -0.1) is 0 Å². The molecular weight excluding hydrogens is 212 g/mol. The second kappa shape index (κ2) is 6.32. The maximum absolute atomic E-state index is 11.5. The fourth-order valence-corrected chi connectivity index (χ4v) is 1.81. The van der Waals surface area contributed by atoms with Crippen LogP contribution in [0.1, 0.15) is 26.2 Å². The Labute approximate surface area is 94.5 Å². The lowest BCUT2D eigenvalue weighted by Crippen LogP contribution is -2.45. The number of nitrogens with zero attached hydrogens (tertiary/aromatic N) is 1. The lowest BCUT2D eigenvalue weighted by atomic mass is 9.96. The zero-order valence-corrected chi connectivity index (χ0v) is 9.44. The molecule has 1 unspecified atom stereocenters. The van der Waals surface area contributed by atoms with Gasteiger partial charge in [-0.25, -0.2) is 15.1 Å². The van der Waals surface area contributed by atoms with Crippen LogP contribution in [-0.2, 0) is 9.63 Å². The third-order valence-electron chi connectivity index (χ3n) is 2.74. The topological polar surface area (TPSA) is 78.9 Å². The van der Waals surface area contributed by atoms with Crippen molar-refractivity contribution in [2.75, 3.05) is 19.7 Å². The molecule has 1 fully saturated rings. The van der Waals surface area contributed by atoms with E-state index in [4.69, 9.17) is 5.11 Å². The quantitative estimate of drug-likeness (QED) is 0.701. The standard InChI is InChI=1S/C10H18N2O4/c1-2-8-4-3-5-12(6-8)10(15)11-16-7-9(13)14/h8H,2-7H2,1H3,(H,11,15)(H,13,14). The van der Waals surface area contributed by atoms with Crippen molar-refractivity contribution in [3.8, 4) is 0 Å². The van der Waals surface area contributed by atoms with Crippen LogP contribution in [0.4, 0.5) is 4.79 Å². The average Bonchev–Trinajstić information content (AvgIpc) is 2.28. The molecule has 0 aliphatic carbocycles. The van der Waals surface area contributed by atoms with Crippen molar-refractivity contribution in [1.29, 1.82) is 0 Å². The van der Waals surface area contributed by atoms with Crippen molar-refractivity contribution in [1.82, 2.24) is 10.4 Å². The smallest absolute Gasteiger partial charge is 0.341 e. The highest BCUT2D eigenvalue weighted by Gasteiger charge is 2.22. The molecule has 0 bridgehead atoms. The number of carbonyl (C=O) groups excluding carboxylic acids is 1. The first kappa shape index (κ1) is 12.8. The van der Waals surface area contributed by atoms with Crippen LogP contribution in [0, 0.1) is 5.92 Å². The molecule has 0 aromatic rings. The van der Waals surface area contributed by atoms with Crippen LogP contribution in [0.15, 0.2) is 0 Å². The molecule has 1 saturated heterocycles. The first-order valence-corrected chi connectivity index (χ1v) is 5.52. The fourth-order valence-electron chi connectivity index (χ4n) is 1.81. The molecule has 1 atom stereocenters. The first-order valence-electron chi connectivity index (χ1n) is 5.52. The zero-order valence-electron chi connectivity index (χ0n) is 9.44. The second-order valence-electron chi connectivity index (χ2n) is 3.95. The molecule has 0 saturated carbocycles. The summed E-state index contributed by atoms with van der Waals surface area (Å²) in [5.41, 5.74) is 2.13. The number of aliphatic carboxylic acids is 1. The van der Waals surface area contributed by atoms with E-state index in [1.807, 2.05) is 0 Å². The number of piperidine rings is 1. The van der Waals surface area contributed by atoms with Gasteiger partial charge in [0.25, 0.3) is 0 Å². The van der Waals surface area contributed by atoms with E-state index >= 15 is 0 Å². The van der Waals surface area contributed by atoms with Crippen molar-refractivity contribution in [2.45, 2.75) is 26.2 Å². The van der Waals surface area contributed by atoms with E-state index < -0.39 is 12.6 Å². The molecule has 16 heavy (non-hydrogen) atoms. The summed E-state index contributed by atoms with van der Waals surface area (Å²) < 4.78 is 0. The number of carboxylic acid groups (broad SMARTS) is 1. The van der Waals surface area contributed by atoms with Crippen LogP contribution in [-0.4, -0.2) is 41.7 Å². The third-order valence-corrected chi connectivity index (χ3v) is 2.74. The Balaban J connectivity index is 2.27. The Kier molecular flexibility index (Phi) is 5.04. The van der Waals surface area contributed by atoms with Crippen LogP contribution in [0.5, 0.6) is 0 Å². The number of carbonyl (C=O) groups is 2. The first-order chi connectivity index (χ1) is 7.63. The number of hydrogen-bond acceptors (Lipinski definition) is 3. The summed E-state index contributed by atoms with van der Waals surface area (Å²) in [7, 11) is 0. The summed E-state index contributed by atoms with van der Waals surface area (Å²) in [5, 5.41) is 8.33. The molecule has 0 radical (unpaired) electrons. The van der Waals surface area contributed by atoms with Crippen molar-refractivity contribution < 1.29 is 19.5 Å². The molecule has 1 heterocycles. The highest BCUT2D eigenvalue weighted by atomic mass is 16.7. The van der Waals surface area contributed by atoms with Gasteiger partial charge in [-0.2, -0.15) is 0 Å². The van der Waals surface area contributed by atoms with Crippen LogP contribution < -0.4 is 5.48 Å². The van der Waals surface area contributed by atoms with Crippen molar-refractivity contribution in [2.24, 2.45) is 5.92 Å². The van der Waals surface area contributed by atoms with Gasteiger partial charge in [-0.3, -0.25) is 4.84 Å².